The molecule has 1 atom stereocenters. The van der Waals surface area contributed by atoms with Crippen LogP contribution < -0.4 is 0 Å². The molecule has 0 aromatic carbocycles. The number of rotatable bonds is 2. The van der Waals surface area contributed by atoms with E-state index in [0.717, 1.165) is 25.7 Å². The van der Waals surface area contributed by atoms with Crippen molar-refractivity contribution in [1.82, 2.24) is 0 Å². The Bertz CT molecular complexity index is 145. The third kappa shape index (κ3) is 3.82. The molecule has 1 aliphatic carbocycles. The number of hydrogen-bond donors (Lipinski definition) is 0. The van der Waals surface area contributed by atoms with Gasteiger partial charge in [0.15, 0.2) is 0 Å². The van der Waals surface area contributed by atoms with E-state index in [-0.39, 0.29) is 6.10 Å². The zero-order valence-corrected chi connectivity index (χ0v) is 8.97. The second-order valence-corrected chi connectivity index (χ2v) is 5.04. The second kappa shape index (κ2) is 4.74. The largest absolute Gasteiger partial charge is 0.750 e. The van der Waals surface area contributed by atoms with E-state index in [1.165, 1.54) is 0 Å². The van der Waals surface area contributed by atoms with E-state index in [4.69, 9.17) is 0 Å². The van der Waals surface area contributed by atoms with Crippen LogP contribution in [-0.2, 0) is 15.5 Å². The summed E-state index contributed by atoms with van der Waals surface area (Å²) in [6.45, 7) is 0. The van der Waals surface area contributed by atoms with E-state index in [9.17, 15) is 8.76 Å². The third-order valence-corrected chi connectivity index (χ3v) is 3.49. The Morgan fingerprint density at radius 3 is 2.36 bits per heavy atom. The predicted octanol–water partition coefficient (Wildman–Crippen LogP) is 1.54. The first-order chi connectivity index (χ1) is 5.18. The van der Waals surface area contributed by atoms with Crippen molar-refractivity contribution >= 4 is 34.0 Å². The van der Waals surface area contributed by atoms with Gasteiger partial charge in [-0.25, -0.2) is 4.21 Å². The van der Waals surface area contributed by atoms with Crippen LogP contribution in [0.4, 0.5) is 0 Å². The molecule has 0 amide bonds. The number of hydrogen-bond acceptors (Lipinski definition) is 3. The van der Waals surface area contributed by atoms with E-state index in [1.54, 1.807) is 0 Å². The minimum Gasteiger partial charge on any atom is -0.750 e. The first-order valence-corrected chi connectivity index (χ1v) is 5.83. The van der Waals surface area contributed by atoms with Crippen LogP contribution in [0, 0.1) is 0 Å². The highest BCUT2D eigenvalue weighted by atomic mass is 127. The predicted molar refractivity (Wildman–Crippen MR) is 50.1 cm³/mol. The molecular weight excluding hydrogens is 279 g/mol. The summed E-state index contributed by atoms with van der Waals surface area (Å²) in [6.07, 6.45) is 3.84. The Labute approximate surface area is 82.5 Å². The van der Waals surface area contributed by atoms with Gasteiger partial charge in [0.2, 0.25) is 0 Å². The molecule has 0 bridgehead atoms. The molecule has 0 saturated heterocycles. The van der Waals surface area contributed by atoms with Crippen molar-refractivity contribution in [3.63, 3.8) is 0 Å². The van der Waals surface area contributed by atoms with Crippen LogP contribution in [0.25, 0.3) is 0 Å². The summed E-state index contributed by atoms with van der Waals surface area (Å²) >= 11 is 0.0641. The molecule has 11 heavy (non-hydrogen) atoms. The van der Waals surface area contributed by atoms with E-state index in [1.807, 2.05) is 0 Å². The Hall–Kier alpha value is 0.800. The van der Waals surface area contributed by atoms with Gasteiger partial charge in [0.1, 0.15) is 0 Å². The molecule has 0 radical (unpaired) electrons. The smallest absolute Gasteiger partial charge is 0.0844 e. The normalized spacial score (nSPS) is 35.1. The molecule has 0 spiro atoms. The van der Waals surface area contributed by atoms with Gasteiger partial charge in [-0.15, -0.1) is 0 Å². The summed E-state index contributed by atoms with van der Waals surface area (Å²) in [5, 5.41) is 0. The lowest BCUT2D eigenvalue weighted by Gasteiger charge is -2.25. The van der Waals surface area contributed by atoms with Crippen LogP contribution in [-0.4, -0.2) is 18.8 Å². The van der Waals surface area contributed by atoms with E-state index in [2.05, 4.69) is 26.8 Å². The highest BCUT2D eigenvalue weighted by Gasteiger charge is 2.19. The van der Waals surface area contributed by atoms with Crippen molar-refractivity contribution in [2.45, 2.75) is 35.7 Å². The van der Waals surface area contributed by atoms with Gasteiger partial charge >= 0.3 is 0 Å². The van der Waals surface area contributed by atoms with E-state index < -0.39 is 11.4 Å². The molecule has 5 heteroatoms. The van der Waals surface area contributed by atoms with Crippen LogP contribution in [0.15, 0.2) is 0 Å². The summed E-state index contributed by atoms with van der Waals surface area (Å²) in [5.41, 5.74) is 0. The summed E-state index contributed by atoms with van der Waals surface area (Å²) in [6, 6.07) is 0. The van der Waals surface area contributed by atoms with Gasteiger partial charge in [0.05, 0.1) is 17.5 Å². The summed E-state index contributed by atoms with van der Waals surface area (Å²) in [4.78, 5) is 0. The van der Waals surface area contributed by atoms with Crippen LogP contribution in [0.1, 0.15) is 25.7 Å². The topological polar surface area (TPSA) is 49.4 Å². The summed E-state index contributed by atoms with van der Waals surface area (Å²) in [5.74, 6) is 0. The van der Waals surface area contributed by atoms with Crippen molar-refractivity contribution in [3.05, 3.63) is 0 Å². The first-order valence-electron chi connectivity index (χ1n) is 3.59. The number of alkyl halides is 1. The average molecular weight is 289 g/mol. The van der Waals surface area contributed by atoms with Gasteiger partial charge < -0.3 is 4.55 Å². The molecule has 1 fully saturated rings. The van der Waals surface area contributed by atoms with E-state index >= 15 is 0 Å². The van der Waals surface area contributed by atoms with E-state index in [0.29, 0.717) is 3.92 Å². The maximum atomic E-state index is 10.1. The average Bonchev–Trinajstić information content (AvgIpc) is 1.93. The Kier molecular flexibility index (Phi) is 4.26. The van der Waals surface area contributed by atoms with Crippen LogP contribution in [0.2, 0.25) is 0 Å². The lowest BCUT2D eigenvalue weighted by atomic mass is 9.98. The van der Waals surface area contributed by atoms with Gasteiger partial charge in [0.25, 0.3) is 0 Å². The molecule has 1 saturated carbocycles. The molecule has 0 heterocycles. The van der Waals surface area contributed by atoms with Gasteiger partial charge in [-0.3, -0.25) is 4.18 Å². The summed E-state index contributed by atoms with van der Waals surface area (Å²) < 4.78 is 25.6. The van der Waals surface area contributed by atoms with Crippen molar-refractivity contribution in [2.75, 3.05) is 0 Å². The third-order valence-electron chi connectivity index (χ3n) is 1.82. The molecule has 0 N–H and O–H groups in total. The molecule has 1 unspecified atom stereocenters. The van der Waals surface area contributed by atoms with Gasteiger partial charge in [-0.1, -0.05) is 22.6 Å². The minimum atomic E-state index is -2.33. The SMILES string of the molecule is O=S([O-])OC1CCC(I)CC1. The zero-order chi connectivity index (χ0) is 8.27. The summed E-state index contributed by atoms with van der Waals surface area (Å²) in [7, 11) is 0. The van der Waals surface area contributed by atoms with Crippen molar-refractivity contribution in [3.8, 4) is 0 Å². The van der Waals surface area contributed by atoms with Crippen molar-refractivity contribution < 1.29 is 12.9 Å². The van der Waals surface area contributed by atoms with Crippen LogP contribution in [0.5, 0.6) is 0 Å². The fourth-order valence-electron chi connectivity index (χ4n) is 1.23. The molecule has 0 aromatic heterocycles. The maximum absolute atomic E-state index is 10.1. The molecule has 3 nitrogen and oxygen atoms in total. The molecule has 66 valence electrons. The van der Waals surface area contributed by atoms with Gasteiger partial charge in [-0.2, -0.15) is 0 Å². The monoisotopic (exact) mass is 289 g/mol. The molecule has 1 rings (SSSR count). The first kappa shape index (κ1) is 9.88. The highest BCUT2D eigenvalue weighted by Crippen LogP contribution is 2.26. The Morgan fingerprint density at radius 1 is 1.36 bits per heavy atom. The standard InChI is InChI=1S/C6H11IO3S/c7-5-1-3-6(4-2-5)10-11(8)9/h5-6H,1-4H2,(H,8,9)/p-1. The van der Waals surface area contributed by atoms with Crippen molar-refractivity contribution in [1.29, 1.82) is 0 Å². The fraction of sp³-hybridized carbons (Fsp3) is 1.00. The highest BCUT2D eigenvalue weighted by molar-refractivity contribution is 14.1. The zero-order valence-electron chi connectivity index (χ0n) is 5.99. The lowest BCUT2D eigenvalue weighted by Crippen LogP contribution is -2.22. The van der Waals surface area contributed by atoms with Gasteiger partial charge in [-0.05, 0) is 25.7 Å². The molecule has 0 aliphatic heterocycles. The molecule has 1 aliphatic rings. The number of halogens is 1. The second-order valence-electron chi connectivity index (χ2n) is 2.67. The van der Waals surface area contributed by atoms with Gasteiger partial charge in [0, 0.05) is 3.92 Å². The van der Waals surface area contributed by atoms with Crippen molar-refractivity contribution in [2.24, 2.45) is 0 Å². The Morgan fingerprint density at radius 2 is 1.91 bits per heavy atom. The Balaban J connectivity index is 2.22. The minimum absolute atomic E-state index is 0.0562. The fourth-order valence-corrected chi connectivity index (χ4v) is 2.36. The molecular formula is C6H10IO3S-. The maximum Gasteiger partial charge on any atom is 0.0844 e. The van der Waals surface area contributed by atoms with Crippen LogP contribution in [0.3, 0.4) is 0 Å². The lowest BCUT2D eigenvalue weighted by molar-refractivity contribution is 0.160. The molecule has 0 aromatic rings. The quantitative estimate of drug-likeness (QED) is 0.440. The van der Waals surface area contributed by atoms with Crippen LogP contribution >= 0.6 is 22.6 Å².